The van der Waals surface area contributed by atoms with Crippen LogP contribution in [0.2, 0.25) is 0 Å². The molecular formula is C12H21NO. The second kappa shape index (κ2) is 6.86. The average molecular weight is 195 g/mol. The first-order chi connectivity index (χ1) is 6.86. The van der Waals surface area contributed by atoms with Gasteiger partial charge in [-0.15, -0.1) is 11.8 Å². The van der Waals surface area contributed by atoms with E-state index in [1.807, 2.05) is 14.0 Å². The summed E-state index contributed by atoms with van der Waals surface area (Å²) in [7, 11) is 1.82. The number of hydrogen-bond acceptors (Lipinski definition) is 2. The maximum Gasteiger partial charge on any atom is 0.0586 e. The lowest BCUT2D eigenvalue weighted by atomic mass is 9.93. The summed E-state index contributed by atoms with van der Waals surface area (Å²) in [5, 5.41) is 3.54. The summed E-state index contributed by atoms with van der Waals surface area (Å²) in [6.45, 7) is 2.91. The molecule has 0 aliphatic heterocycles. The lowest BCUT2D eigenvalue weighted by molar-refractivity contribution is 0.0590. The van der Waals surface area contributed by atoms with Gasteiger partial charge in [-0.2, -0.15) is 0 Å². The van der Waals surface area contributed by atoms with E-state index in [2.05, 4.69) is 17.2 Å². The minimum absolute atomic E-state index is 0.471. The van der Waals surface area contributed by atoms with Gasteiger partial charge in [0.25, 0.3) is 0 Å². The van der Waals surface area contributed by atoms with Crippen molar-refractivity contribution in [2.45, 2.75) is 51.2 Å². The normalized spacial score (nSPS) is 26.7. The zero-order valence-electron chi connectivity index (χ0n) is 9.31. The van der Waals surface area contributed by atoms with Gasteiger partial charge < -0.3 is 10.1 Å². The van der Waals surface area contributed by atoms with E-state index in [4.69, 9.17) is 4.74 Å². The van der Waals surface area contributed by atoms with Crippen molar-refractivity contribution in [3.8, 4) is 11.8 Å². The molecular weight excluding hydrogens is 174 g/mol. The van der Waals surface area contributed by atoms with Crippen molar-refractivity contribution < 1.29 is 4.74 Å². The van der Waals surface area contributed by atoms with Crippen molar-refractivity contribution in [3.63, 3.8) is 0 Å². The van der Waals surface area contributed by atoms with Crippen LogP contribution in [-0.4, -0.2) is 25.8 Å². The molecule has 2 atom stereocenters. The van der Waals surface area contributed by atoms with Crippen LogP contribution in [0.25, 0.3) is 0 Å². The molecule has 2 nitrogen and oxygen atoms in total. The highest BCUT2D eigenvalue weighted by molar-refractivity contribution is 4.95. The third kappa shape index (κ3) is 4.13. The molecule has 1 rings (SSSR count). The zero-order valence-corrected chi connectivity index (χ0v) is 9.31. The van der Waals surface area contributed by atoms with E-state index in [0.29, 0.717) is 12.1 Å². The molecule has 0 amide bonds. The van der Waals surface area contributed by atoms with Crippen molar-refractivity contribution >= 4 is 0 Å². The third-order valence-electron chi connectivity index (χ3n) is 2.82. The smallest absolute Gasteiger partial charge is 0.0586 e. The van der Waals surface area contributed by atoms with E-state index < -0.39 is 0 Å². The molecule has 80 valence electrons. The first-order valence-corrected chi connectivity index (χ1v) is 5.52. The molecule has 1 N–H and O–H groups in total. The highest BCUT2D eigenvalue weighted by Crippen LogP contribution is 2.20. The molecule has 0 saturated heterocycles. The van der Waals surface area contributed by atoms with Gasteiger partial charge in [0.05, 0.1) is 6.10 Å². The number of rotatable bonds is 4. The Morgan fingerprint density at radius 2 is 2.29 bits per heavy atom. The van der Waals surface area contributed by atoms with E-state index in [-0.39, 0.29) is 0 Å². The Bertz CT molecular complexity index is 204. The van der Waals surface area contributed by atoms with Gasteiger partial charge in [-0.05, 0) is 32.6 Å². The summed E-state index contributed by atoms with van der Waals surface area (Å²) in [6.07, 6.45) is 6.40. The van der Waals surface area contributed by atoms with Gasteiger partial charge in [-0.3, -0.25) is 0 Å². The van der Waals surface area contributed by atoms with Crippen LogP contribution in [0.5, 0.6) is 0 Å². The third-order valence-corrected chi connectivity index (χ3v) is 2.82. The fourth-order valence-corrected chi connectivity index (χ4v) is 2.01. The Labute approximate surface area is 87.4 Å². The molecule has 2 heteroatoms. The number of methoxy groups -OCH3 is 1. The monoisotopic (exact) mass is 195 g/mol. The molecule has 0 radical (unpaired) electrons. The van der Waals surface area contributed by atoms with Crippen molar-refractivity contribution in [1.29, 1.82) is 0 Å². The topological polar surface area (TPSA) is 21.3 Å². The number of hydrogen-bond donors (Lipinski definition) is 1. The largest absolute Gasteiger partial charge is 0.381 e. The Hall–Kier alpha value is -0.520. The summed E-state index contributed by atoms with van der Waals surface area (Å²) in [5.74, 6) is 5.98. The number of nitrogens with one attached hydrogen (secondary N) is 1. The molecule has 0 aromatic carbocycles. The van der Waals surface area contributed by atoms with Gasteiger partial charge in [0.1, 0.15) is 0 Å². The predicted molar refractivity (Wildman–Crippen MR) is 59.1 cm³/mol. The summed E-state index contributed by atoms with van der Waals surface area (Å²) in [4.78, 5) is 0. The van der Waals surface area contributed by atoms with Gasteiger partial charge in [-0.1, -0.05) is 0 Å². The van der Waals surface area contributed by atoms with Crippen LogP contribution < -0.4 is 5.32 Å². The molecule has 1 aliphatic rings. The van der Waals surface area contributed by atoms with Crippen LogP contribution in [0.15, 0.2) is 0 Å². The Balaban J connectivity index is 2.13. The second-order valence-electron chi connectivity index (χ2n) is 3.85. The molecule has 0 bridgehead atoms. The van der Waals surface area contributed by atoms with Gasteiger partial charge in [-0.25, -0.2) is 0 Å². The van der Waals surface area contributed by atoms with Crippen molar-refractivity contribution in [1.82, 2.24) is 5.32 Å². The quantitative estimate of drug-likeness (QED) is 0.547. The minimum atomic E-state index is 0.471. The Kier molecular flexibility index (Phi) is 5.66. The lowest BCUT2D eigenvalue weighted by Gasteiger charge is -2.28. The van der Waals surface area contributed by atoms with E-state index in [1.54, 1.807) is 0 Å². The van der Waals surface area contributed by atoms with Gasteiger partial charge >= 0.3 is 0 Å². The molecule has 0 heterocycles. The molecule has 2 unspecified atom stereocenters. The van der Waals surface area contributed by atoms with Crippen LogP contribution in [-0.2, 0) is 4.74 Å². The van der Waals surface area contributed by atoms with Gasteiger partial charge in [0, 0.05) is 26.1 Å². The Morgan fingerprint density at radius 3 is 3.00 bits per heavy atom. The van der Waals surface area contributed by atoms with Crippen molar-refractivity contribution in [2.24, 2.45) is 0 Å². The minimum Gasteiger partial charge on any atom is -0.381 e. The van der Waals surface area contributed by atoms with E-state index in [0.717, 1.165) is 19.4 Å². The van der Waals surface area contributed by atoms with Crippen LogP contribution in [0, 0.1) is 11.8 Å². The van der Waals surface area contributed by atoms with Crippen LogP contribution in [0.3, 0.4) is 0 Å². The van der Waals surface area contributed by atoms with Gasteiger partial charge in [0.2, 0.25) is 0 Å². The van der Waals surface area contributed by atoms with E-state index >= 15 is 0 Å². The summed E-state index contributed by atoms with van der Waals surface area (Å²) in [6, 6.07) is 0.646. The molecule has 1 aliphatic carbocycles. The average Bonchev–Trinajstić information content (AvgIpc) is 2.25. The predicted octanol–water partition coefficient (Wildman–Crippen LogP) is 1.95. The molecule has 0 spiro atoms. The highest BCUT2D eigenvalue weighted by atomic mass is 16.5. The zero-order chi connectivity index (χ0) is 10.2. The Morgan fingerprint density at radius 1 is 1.43 bits per heavy atom. The van der Waals surface area contributed by atoms with Gasteiger partial charge in [0.15, 0.2) is 0 Å². The number of ether oxygens (including phenoxy) is 1. The highest BCUT2D eigenvalue weighted by Gasteiger charge is 2.20. The molecule has 1 fully saturated rings. The molecule has 14 heavy (non-hydrogen) atoms. The maximum absolute atomic E-state index is 5.38. The summed E-state index contributed by atoms with van der Waals surface area (Å²) < 4.78 is 5.38. The maximum atomic E-state index is 5.38. The molecule has 0 aromatic rings. The van der Waals surface area contributed by atoms with Crippen LogP contribution >= 0.6 is 0 Å². The molecule has 0 aromatic heterocycles. The fourth-order valence-electron chi connectivity index (χ4n) is 2.01. The molecule has 1 saturated carbocycles. The van der Waals surface area contributed by atoms with E-state index in [1.165, 1.54) is 19.3 Å². The fraction of sp³-hybridized carbons (Fsp3) is 0.833. The second-order valence-corrected chi connectivity index (χ2v) is 3.85. The first-order valence-electron chi connectivity index (χ1n) is 5.52. The van der Waals surface area contributed by atoms with Crippen molar-refractivity contribution in [2.75, 3.05) is 13.7 Å². The summed E-state index contributed by atoms with van der Waals surface area (Å²) >= 11 is 0. The van der Waals surface area contributed by atoms with Crippen LogP contribution in [0.1, 0.15) is 39.0 Å². The van der Waals surface area contributed by atoms with Crippen molar-refractivity contribution in [3.05, 3.63) is 0 Å². The standard InChI is InChI=1S/C12H21NO/c1-3-4-5-9-13-11-7-6-8-12(10-11)14-2/h11-13H,5-10H2,1-2H3. The van der Waals surface area contributed by atoms with E-state index in [9.17, 15) is 0 Å². The van der Waals surface area contributed by atoms with Crippen LogP contribution in [0.4, 0.5) is 0 Å². The lowest BCUT2D eigenvalue weighted by Crippen LogP contribution is -2.37. The SMILES string of the molecule is CC#CCCNC1CCCC(OC)C1. The summed E-state index contributed by atoms with van der Waals surface area (Å²) in [5.41, 5.74) is 0. The first kappa shape index (κ1) is 11.6.